The number of likely N-dealkylation sites (tertiary alicyclic amines) is 2. The summed E-state index contributed by atoms with van der Waals surface area (Å²) in [7, 11) is 0. The summed E-state index contributed by atoms with van der Waals surface area (Å²) in [6.45, 7) is 6.92. The van der Waals surface area contributed by atoms with Crippen LogP contribution >= 0.6 is 0 Å². The number of benzene rings is 5. The molecule has 0 aromatic heterocycles. The predicted molar refractivity (Wildman–Crippen MR) is 196 cm³/mol. The van der Waals surface area contributed by atoms with Gasteiger partial charge in [0.1, 0.15) is 17.0 Å². The predicted octanol–water partition coefficient (Wildman–Crippen LogP) is 7.81. The number of nitrogens with zero attached hydrogens (tertiary/aromatic N) is 2. The van der Waals surface area contributed by atoms with Crippen LogP contribution in [-0.4, -0.2) is 50.3 Å². The summed E-state index contributed by atoms with van der Waals surface area (Å²) in [4.78, 5) is 4.73. The zero-order valence-electron chi connectivity index (χ0n) is 28.7. The van der Waals surface area contributed by atoms with E-state index in [0.717, 1.165) is 83.3 Å². The molecule has 49 heavy (non-hydrogen) atoms. The minimum absolute atomic E-state index is 0.157. The molecule has 2 heterocycles. The smallest absolute Gasteiger partial charge is 0.130 e. The standard InChI is InChI=1S/C44H48N2O3/c1-32-29-33(2)39(31-46-28-16-26-41(46)44(49,36-21-11-5-12-22-36)37-23-13-6-14-24-37)42(47)38(32)30-45-27-15-25-40(45)43(48,34-17-7-3-8-18-34)35-19-9-4-10-20-35/h3-14,17-24,29,40-41,47-49H,15-16,25-28,30-31H2,1-2H3/t40-,41-/m0/s1. The van der Waals surface area contributed by atoms with Gasteiger partial charge in [-0.15, -0.1) is 0 Å². The number of aliphatic hydroxyl groups is 2. The van der Waals surface area contributed by atoms with Gasteiger partial charge in [-0.05, 0) is 86.0 Å². The van der Waals surface area contributed by atoms with Gasteiger partial charge < -0.3 is 15.3 Å². The van der Waals surface area contributed by atoms with Crippen LogP contribution in [0.3, 0.4) is 0 Å². The van der Waals surface area contributed by atoms with E-state index in [1.807, 2.05) is 121 Å². The molecule has 0 saturated carbocycles. The van der Waals surface area contributed by atoms with Crippen molar-refractivity contribution in [1.82, 2.24) is 9.80 Å². The maximum absolute atomic E-state index is 12.7. The SMILES string of the molecule is Cc1cc(C)c(CN2CCC[C@H]2C(O)(c2ccccc2)c2ccccc2)c(O)c1CN1CCC[C@H]1C(O)(c1ccccc1)c1ccccc1. The lowest BCUT2D eigenvalue weighted by atomic mass is 9.78. The van der Waals surface area contributed by atoms with Gasteiger partial charge >= 0.3 is 0 Å². The monoisotopic (exact) mass is 652 g/mol. The van der Waals surface area contributed by atoms with Gasteiger partial charge in [-0.2, -0.15) is 0 Å². The molecule has 0 radical (unpaired) electrons. The number of phenols is 1. The van der Waals surface area contributed by atoms with Crippen LogP contribution in [0.1, 0.15) is 70.2 Å². The van der Waals surface area contributed by atoms with Crippen molar-refractivity contribution in [3.63, 3.8) is 0 Å². The molecule has 2 atom stereocenters. The summed E-state index contributed by atoms with van der Waals surface area (Å²) in [5.74, 6) is 0.333. The summed E-state index contributed by atoms with van der Waals surface area (Å²) in [5.41, 5.74) is 5.06. The quantitative estimate of drug-likeness (QED) is 0.144. The van der Waals surface area contributed by atoms with Crippen LogP contribution in [0.4, 0.5) is 0 Å². The van der Waals surface area contributed by atoms with Crippen molar-refractivity contribution in [3.05, 3.63) is 172 Å². The number of aryl methyl sites for hydroxylation is 2. The molecule has 5 heteroatoms. The molecule has 2 aliphatic rings. The maximum Gasteiger partial charge on any atom is 0.130 e. The lowest BCUT2D eigenvalue weighted by Gasteiger charge is -2.41. The molecule has 252 valence electrons. The Hall–Kier alpha value is -4.26. The van der Waals surface area contributed by atoms with E-state index in [-0.39, 0.29) is 12.1 Å². The molecule has 5 nitrogen and oxygen atoms in total. The second kappa shape index (κ2) is 13.9. The molecule has 0 amide bonds. The summed E-state index contributed by atoms with van der Waals surface area (Å²) >= 11 is 0. The molecule has 2 aliphatic heterocycles. The third-order valence-electron chi connectivity index (χ3n) is 11.2. The van der Waals surface area contributed by atoms with E-state index in [1.165, 1.54) is 0 Å². The molecule has 7 rings (SSSR count). The Labute approximate surface area is 291 Å². The number of hydrogen-bond acceptors (Lipinski definition) is 5. The van der Waals surface area contributed by atoms with Gasteiger partial charge in [0.05, 0.1) is 0 Å². The fraction of sp³-hybridized carbons (Fsp3) is 0.318. The fourth-order valence-electron chi connectivity index (χ4n) is 8.71. The van der Waals surface area contributed by atoms with E-state index in [1.54, 1.807) is 0 Å². The zero-order valence-corrected chi connectivity index (χ0v) is 28.7. The third-order valence-corrected chi connectivity index (χ3v) is 11.2. The minimum atomic E-state index is -1.20. The topological polar surface area (TPSA) is 67.2 Å². The third kappa shape index (κ3) is 6.10. The number of aromatic hydroxyl groups is 1. The fourth-order valence-corrected chi connectivity index (χ4v) is 8.71. The van der Waals surface area contributed by atoms with Crippen molar-refractivity contribution < 1.29 is 15.3 Å². The summed E-state index contributed by atoms with van der Waals surface area (Å²) in [6.07, 6.45) is 3.65. The van der Waals surface area contributed by atoms with Crippen LogP contribution in [-0.2, 0) is 24.3 Å². The summed E-state index contributed by atoms with van der Waals surface area (Å²) < 4.78 is 0. The number of phenolic OH excluding ortho intramolecular Hbond substituents is 1. The Morgan fingerprint density at radius 3 is 1.14 bits per heavy atom. The van der Waals surface area contributed by atoms with E-state index < -0.39 is 11.2 Å². The molecule has 0 unspecified atom stereocenters. The van der Waals surface area contributed by atoms with E-state index in [9.17, 15) is 15.3 Å². The second-order valence-corrected chi connectivity index (χ2v) is 14.1. The largest absolute Gasteiger partial charge is 0.507 e. The van der Waals surface area contributed by atoms with Gasteiger partial charge in [0.15, 0.2) is 0 Å². The minimum Gasteiger partial charge on any atom is -0.507 e. The van der Waals surface area contributed by atoms with Crippen molar-refractivity contribution in [3.8, 4) is 5.75 Å². The summed E-state index contributed by atoms with van der Waals surface area (Å²) in [5, 5.41) is 37.5. The van der Waals surface area contributed by atoms with Crippen molar-refractivity contribution in [1.29, 1.82) is 0 Å². The molecule has 0 spiro atoms. The second-order valence-electron chi connectivity index (χ2n) is 14.1. The van der Waals surface area contributed by atoms with Gasteiger partial charge in [-0.3, -0.25) is 9.80 Å². The molecule has 3 N–H and O–H groups in total. The lowest BCUT2D eigenvalue weighted by Crippen LogP contribution is -2.48. The molecule has 5 aromatic rings. The van der Waals surface area contributed by atoms with Crippen molar-refractivity contribution >= 4 is 0 Å². The molecule has 0 aliphatic carbocycles. The van der Waals surface area contributed by atoms with E-state index in [2.05, 4.69) is 29.7 Å². The van der Waals surface area contributed by atoms with Crippen LogP contribution in [0.25, 0.3) is 0 Å². The highest BCUT2D eigenvalue weighted by Gasteiger charge is 2.47. The van der Waals surface area contributed by atoms with Gasteiger partial charge in [-0.25, -0.2) is 0 Å². The Kier molecular flexibility index (Phi) is 9.45. The van der Waals surface area contributed by atoms with Crippen molar-refractivity contribution in [2.24, 2.45) is 0 Å². The maximum atomic E-state index is 12.7. The Morgan fingerprint density at radius 2 is 0.837 bits per heavy atom. The van der Waals surface area contributed by atoms with E-state index in [4.69, 9.17) is 0 Å². The van der Waals surface area contributed by atoms with E-state index in [0.29, 0.717) is 18.8 Å². The Morgan fingerprint density at radius 1 is 0.531 bits per heavy atom. The van der Waals surface area contributed by atoms with Crippen LogP contribution < -0.4 is 0 Å². The van der Waals surface area contributed by atoms with Crippen molar-refractivity contribution in [2.75, 3.05) is 13.1 Å². The summed E-state index contributed by atoms with van der Waals surface area (Å²) in [6, 6.07) is 42.0. The van der Waals surface area contributed by atoms with Gasteiger partial charge in [0, 0.05) is 36.3 Å². The van der Waals surface area contributed by atoms with Crippen LogP contribution in [0, 0.1) is 13.8 Å². The first kappa shape index (κ1) is 33.2. The highest BCUT2D eigenvalue weighted by atomic mass is 16.3. The average Bonchev–Trinajstić information content (AvgIpc) is 3.83. The van der Waals surface area contributed by atoms with Gasteiger partial charge in [-0.1, -0.05) is 127 Å². The number of hydrogen-bond donors (Lipinski definition) is 3. The zero-order chi connectivity index (χ0) is 34.0. The first-order valence-electron chi connectivity index (χ1n) is 17.8. The van der Waals surface area contributed by atoms with Crippen LogP contribution in [0.2, 0.25) is 0 Å². The molecule has 5 aromatic carbocycles. The highest BCUT2D eigenvalue weighted by molar-refractivity contribution is 5.50. The highest BCUT2D eigenvalue weighted by Crippen LogP contribution is 2.44. The van der Waals surface area contributed by atoms with Crippen LogP contribution in [0.5, 0.6) is 5.75 Å². The molecular weight excluding hydrogens is 604 g/mol. The normalized spacial score (nSPS) is 19.0. The number of rotatable bonds is 10. The van der Waals surface area contributed by atoms with Crippen molar-refractivity contribution in [2.45, 2.75) is 75.9 Å². The molecule has 2 fully saturated rings. The van der Waals surface area contributed by atoms with Gasteiger partial charge in [0.25, 0.3) is 0 Å². The average molecular weight is 653 g/mol. The first-order chi connectivity index (χ1) is 23.8. The van der Waals surface area contributed by atoms with Gasteiger partial charge in [0.2, 0.25) is 0 Å². The Bertz CT molecular complexity index is 1630. The first-order valence-corrected chi connectivity index (χ1v) is 17.8. The Balaban J connectivity index is 1.22. The van der Waals surface area contributed by atoms with E-state index >= 15 is 0 Å². The lowest BCUT2D eigenvalue weighted by molar-refractivity contribution is -0.00742. The molecular formula is C44H48N2O3. The molecule has 2 saturated heterocycles. The molecule has 0 bridgehead atoms. The van der Waals surface area contributed by atoms with Crippen LogP contribution in [0.15, 0.2) is 127 Å².